The largest absolute Gasteiger partial charge is 0.495 e. The quantitative estimate of drug-likeness (QED) is 0.878. The van der Waals surface area contributed by atoms with Gasteiger partial charge < -0.3 is 19.9 Å². The predicted molar refractivity (Wildman–Crippen MR) is 105 cm³/mol. The number of carbonyl (C=O) groups excluding carboxylic acids is 2. The summed E-state index contributed by atoms with van der Waals surface area (Å²) in [7, 11) is 1.59. The monoisotopic (exact) mass is 377 g/mol. The second-order valence-corrected chi connectivity index (χ2v) is 8.51. The molecule has 3 rings (SSSR count). The van der Waals surface area contributed by atoms with Crippen molar-refractivity contribution < 1.29 is 14.3 Å². The van der Waals surface area contributed by atoms with Crippen LogP contribution in [0.4, 0.5) is 10.5 Å². The molecule has 6 nitrogen and oxygen atoms in total. The van der Waals surface area contributed by atoms with Gasteiger partial charge in [0.25, 0.3) is 0 Å². The van der Waals surface area contributed by atoms with Crippen molar-refractivity contribution in [1.82, 2.24) is 9.80 Å². The van der Waals surface area contributed by atoms with Gasteiger partial charge >= 0.3 is 6.03 Å². The van der Waals surface area contributed by atoms with Gasteiger partial charge in [0.05, 0.1) is 17.7 Å². The number of nitrogens with zero attached hydrogens (tertiary/aromatic N) is 2. The Kier molecular flexibility index (Phi) is 5.65. The number of piperidine rings is 1. The average Bonchev–Trinajstić information content (AvgIpc) is 3.04. The summed E-state index contributed by atoms with van der Waals surface area (Å²) in [5.41, 5.74) is 0.673. The summed E-state index contributed by atoms with van der Waals surface area (Å²) in [6.45, 7) is 6.02. The second kappa shape index (κ2) is 7.78. The fourth-order valence-electron chi connectivity index (χ4n) is 3.65. The highest BCUT2D eigenvalue weighted by Crippen LogP contribution is 2.44. The Hall–Kier alpha value is -1.89. The summed E-state index contributed by atoms with van der Waals surface area (Å²) in [5.74, 6) is 1.86. The number of thioether (sulfide) groups is 1. The lowest BCUT2D eigenvalue weighted by molar-refractivity contribution is -0.137. The first kappa shape index (κ1) is 18.9. The maximum Gasteiger partial charge on any atom is 0.321 e. The topological polar surface area (TPSA) is 61.9 Å². The van der Waals surface area contributed by atoms with E-state index >= 15 is 0 Å². The molecule has 142 valence electrons. The van der Waals surface area contributed by atoms with E-state index < -0.39 is 0 Å². The van der Waals surface area contributed by atoms with Gasteiger partial charge in [-0.1, -0.05) is 26.0 Å². The molecular formula is C19H27N3O3S. The lowest BCUT2D eigenvalue weighted by Crippen LogP contribution is -2.55. The molecule has 3 amide bonds. The maximum atomic E-state index is 12.6. The zero-order valence-electron chi connectivity index (χ0n) is 15.7. The molecule has 0 saturated carbocycles. The van der Waals surface area contributed by atoms with Gasteiger partial charge in [-0.15, -0.1) is 11.8 Å². The number of anilines is 1. The molecule has 1 aromatic rings. The third-order valence-corrected chi connectivity index (χ3v) is 6.67. The fraction of sp³-hybridized carbons (Fsp3) is 0.579. The van der Waals surface area contributed by atoms with Gasteiger partial charge in [-0.25, -0.2) is 4.79 Å². The van der Waals surface area contributed by atoms with Crippen molar-refractivity contribution in [2.24, 2.45) is 5.92 Å². The molecule has 2 heterocycles. The number of hydrogen-bond acceptors (Lipinski definition) is 4. The number of benzene rings is 1. The van der Waals surface area contributed by atoms with Crippen LogP contribution >= 0.6 is 11.8 Å². The highest BCUT2D eigenvalue weighted by molar-refractivity contribution is 8.00. The fourth-order valence-corrected chi connectivity index (χ4v) is 5.11. The van der Waals surface area contributed by atoms with Gasteiger partial charge in [0.15, 0.2) is 0 Å². The lowest BCUT2D eigenvalue weighted by atomic mass is 10.0. The van der Waals surface area contributed by atoms with E-state index in [0.29, 0.717) is 24.5 Å². The Morgan fingerprint density at radius 1 is 1.19 bits per heavy atom. The molecule has 0 aromatic heterocycles. The first-order valence-corrected chi connectivity index (χ1v) is 10.1. The standard InChI is InChI=1S/C19H27N3O3S/c1-14(2)17(23)22-12-13-26-19(22)8-10-21(11-9-19)18(24)20-15-6-4-5-7-16(15)25-3/h4-7,14H,8-13H2,1-3H3,(H,20,24). The average molecular weight is 378 g/mol. The van der Waals surface area contributed by atoms with Crippen molar-refractivity contribution in [3.63, 3.8) is 0 Å². The third-order valence-electron chi connectivity index (χ3n) is 5.12. The third kappa shape index (κ3) is 3.63. The van der Waals surface area contributed by atoms with E-state index in [9.17, 15) is 9.59 Å². The first-order chi connectivity index (χ1) is 12.5. The van der Waals surface area contributed by atoms with Crippen molar-refractivity contribution in [1.29, 1.82) is 0 Å². The molecule has 0 atom stereocenters. The molecule has 7 heteroatoms. The van der Waals surface area contributed by atoms with E-state index in [1.807, 2.05) is 54.8 Å². The first-order valence-electron chi connectivity index (χ1n) is 9.11. The van der Waals surface area contributed by atoms with E-state index in [4.69, 9.17) is 4.74 Å². The summed E-state index contributed by atoms with van der Waals surface area (Å²) in [5, 5.41) is 2.94. The normalized spacial score (nSPS) is 19.1. The van der Waals surface area contributed by atoms with Crippen LogP contribution in [0.25, 0.3) is 0 Å². The number of urea groups is 1. The zero-order valence-corrected chi connectivity index (χ0v) is 16.5. The number of amides is 3. The van der Waals surface area contributed by atoms with Crippen LogP contribution in [0.2, 0.25) is 0 Å². The van der Waals surface area contributed by atoms with E-state index in [1.54, 1.807) is 7.11 Å². The highest BCUT2D eigenvalue weighted by Gasteiger charge is 2.47. The Bertz CT molecular complexity index is 672. The molecule has 2 aliphatic rings. The van der Waals surface area contributed by atoms with Crippen molar-refractivity contribution in [2.45, 2.75) is 31.6 Å². The van der Waals surface area contributed by atoms with Crippen molar-refractivity contribution in [3.8, 4) is 5.75 Å². The Morgan fingerprint density at radius 2 is 1.88 bits per heavy atom. The molecule has 2 fully saturated rings. The SMILES string of the molecule is COc1ccccc1NC(=O)N1CCC2(CC1)SCCN2C(=O)C(C)C. The number of likely N-dealkylation sites (tertiary alicyclic amines) is 1. The number of methoxy groups -OCH3 is 1. The van der Waals surface area contributed by atoms with Crippen LogP contribution in [0.1, 0.15) is 26.7 Å². The Morgan fingerprint density at radius 3 is 2.54 bits per heavy atom. The number of rotatable bonds is 3. The second-order valence-electron chi connectivity index (χ2n) is 7.06. The van der Waals surface area contributed by atoms with Crippen LogP contribution in [0.3, 0.4) is 0 Å². The highest BCUT2D eigenvalue weighted by atomic mass is 32.2. The molecule has 0 aliphatic carbocycles. The summed E-state index contributed by atoms with van der Waals surface area (Å²) in [6.07, 6.45) is 1.63. The molecule has 26 heavy (non-hydrogen) atoms. The van der Waals surface area contributed by atoms with E-state index in [1.165, 1.54) is 0 Å². The van der Waals surface area contributed by atoms with Crippen LogP contribution in [-0.4, -0.2) is 59.1 Å². The van der Waals surface area contributed by atoms with Gasteiger partial charge in [0.1, 0.15) is 5.75 Å². The Balaban J connectivity index is 1.63. The minimum absolute atomic E-state index is 0.0115. The van der Waals surface area contributed by atoms with E-state index in [0.717, 1.165) is 25.1 Å². The number of ether oxygens (including phenoxy) is 1. The van der Waals surface area contributed by atoms with Crippen LogP contribution < -0.4 is 10.1 Å². The summed E-state index contributed by atoms with van der Waals surface area (Å²) in [6, 6.07) is 7.28. The Labute approximate surface area is 159 Å². The molecule has 0 bridgehead atoms. The molecule has 2 aliphatic heterocycles. The number of para-hydroxylation sites is 2. The molecule has 1 N–H and O–H groups in total. The molecular weight excluding hydrogens is 350 g/mol. The van der Waals surface area contributed by atoms with Crippen LogP contribution in [-0.2, 0) is 4.79 Å². The number of carbonyl (C=O) groups is 2. The molecule has 0 unspecified atom stereocenters. The summed E-state index contributed by atoms with van der Waals surface area (Å²) >= 11 is 1.87. The van der Waals surface area contributed by atoms with Crippen molar-refractivity contribution in [2.75, 3.05) is 37.8 Å². The van der Waals surface area contributed by atoms with Crippen LogP contribution in [0, 0.1) is 5.92 Å². The number of hydrogen-bond donors (Lipinski definition) is 1. The summed E-state index contributed by atoms with van der Waals surface area (Å²) in [4.78, 5) is 28.9. The minimum Gasteiger partial charge on any atom is -0.495 e. The van der Waals surface area contributed by atoms with Gasteiger partial charge in [0.2, 0.25) is 5.91 Å². The molecule has 2 saturated heterocycles. The minimum atomic E-state index is -0.136. The van der Waals surface area contributed by atoms with Crippen LogP contribution in [0.5, 0.6) is 5.75 Å². The lowest BCUT2D eigenvalue weighted by Gasteiger charge is -2.44. The van der Waals surface area contributed by atoms with Gasteiger partial charge in [-0.3, -0.25) is 4.79 Å². The van der Waals surface area contributed by atoms with Gasteiger partial charge in [-0.05, 0) is 25.0 Å². The van der Waals surface area contributed by atoms with Crippen molar-refractivity contribution >= 4 is 29.4 Å². The summed E-state index contributed by atoms with van der Waals surface area (Å²) < 4.78 is 5.29. The van der Waals surface area contributed by atoms with E-state index in [-0.39, 0.29) is 22.7 Å². The van der Waals surface area contributed by atoms with Crippen molar-refractivity contribution in [3.05, 3.63) is 24.3 Å². The van der Waals surface area contributed by atoms with E-state index in [2.05, 4.69) is 10.2 Å². The maximum absolute atomic E-state index is 12.6. The molecule has 1 spiro atoms. The van der Waals surface area contributed by atoms with Gasteiger partial charge in [-0.2, -0.15) is 0 Å². The number of nitrogens with one attached hydrogen (secondary N) is 1. The molecule has 0 radical (unpaired) electrons. The smallest absolute Gasteiger partial charge is 0.321 e. The molecule has 1 aromatic carbocycles. The van der Waals surface area contributed by atoms with Crippen LogP contribution in [0.15, 0.2) is 24.3 Å². The predicted octanol–water partition coefficient (Wildman–Crippen LogP) is 3.25. The zero-order chi connectivity index (χ0) is 18.7. The van der Waals surface area contributed by atoms with Gasteiger partial charge in [0, 0.05) is 31.3 Å².